The monoisotopic (exact) mass is 436 g/mol. The van der Waals surface area contributed by atoms with E-state index in [-0.39, 0.29) is 6.10 Å². The van der Waals surface area contributed by atoms with E-state index in [0.29, 0.717) is 28.9 Å². The van der Waals surface area contributed by atoms with E-state index >= 15 is 0 Å². The van der Waals surface area contributed by atoms with Gasteiger partial charge in [0.05, 0.1) is 35.5 Å². The fourth-order valence-corrected chi connectivity index (χ4v) is 4.20. The molecule has 0 aliphatic carbocycles. The third kappa shape index (κ3) is 2.74. The quantitative estimate of drug-likeness (QED) is 0.416. The number of aliphatic imine (C=N–C) groups is 1. The highest BCUT2D eigenvalue weighted by atomic mass is 35.5. The van der Waals surface area contributed by atoms with Crippen LogP contribution in [0.25, 0.3) is 11.4 Å². The zero-order valence-corrected chi connectivity index (χ0v) is 17.0. The maximum Gasteiger partial charge on any atom is 0.238 e. The van der Waals surface area contributed by atoms with E-state index in [1.807, 2.05) is 51.7 Å². The van der Waals surface area contributed by atoms with Crippen LogP contribution in [0.2, 0.25) is 10.0 Å². The van der Waals surface area contributed by atoms with E-state index in [0.717, 1.165) is 34.0 Å². The Labute approximate surface area is 181 Å². The van der Waals surface area contributed by atoms with E-state index in [2.05, 4.69) is 20.3 Å². The number of ether oxygens (including phenoxy) is 1. The van der Waals surface area contributed by atoms with Crippen LogP contribution in [0.5, 0.6) is 0 Å². The highest BCUT2D eigenvalue weighted by Gasteiger charge is 2.30. The van der Waals surface area contributed by atoms with Crippen LogP contribution >= 0.6 is 23.2 Å². The van der Waals surface area contributed by atoms with Gasteiger partial charge < -0.3 is 4.74 Å². The van der Waals surface area contributed by atoms with Gasteiger partial charge in [0.25, 0.3) is 0 Å². The van der Waals surface area contributed by atoms with Crippen LogP contribution in [-0.2, 0) is 11.2 Å². The second kappa shape index (κ2) is 6.68. The number of fused-ring (bicyclic) bond motifs is 5. The average molecular weight is 437 g/mol. The number of rotatable bonds is 2. The Balaban J connectivity index is 1.41. The summed E-state index contributed by atoms with van der Waals surface area (Å²) in [5.74, 6) is 0.542. The molecule has 2 aliphatic heterocycles. The van der Waals surface area contributed by atoms with Crippen molar-refractivity contribution in [2.45, 2.75) is 12.5 Å². The van der Waals surface area contributed by atoms with E-state index in [4.69, 9.17) is 27.9 Å². The van der Waals surface area contributed by atoms with Crippen LogP contribution in [0.15, 0.2) is 60.0 Å². The third-order valence-electron chi connectivity index (χ3n) is 5.36. The van der Waals surface area contributed by atoms with Gasteiger partial charge in [-0.15, -0.1) is 5.10 Å². The molecule has 0 saturated carbocycles. The van der Waals surface area contributed by atoms with Crippen LogP contribution in [0.1, 0.15) is 28.7 Å². The van der Waals surface area contributed by atoms with Gasteiger partial charge in [0.2, 0.25) is 5.90 Å². The van der Waals surface area contributed by atoms with E-state index < -0.39 is 0 Å². The summed E-state index contributed by atoms with van der Waals surface area (Å²) in [4.78, 5) is 9.28. The summed E-state index contributed by atoms with van der Waals surface area (Å²) >= 11 is 12.3. The Kier molecular flexibility index (Phi) is 3.94. The summed E-state index contributed by atoms with van der Waals surface area (Å²) in [6.45, 7) is 0.537. The van der Waals surface area contributed by atoms with Crippen LogP contribution in [0, 0.1) is 0 Å². The third-order valence-corrected chi connectivity index (χ3v) is 5.85. The fourth-order valence-electron chi connectivity index (χ4n) is 3.91. The van der Waals surface area contributed by atoms with E-state index in [1.54, 1.807) is 12.5 Å². The lowest BCUT2D eigenvalue weighted by Crippen LogP contribution is -2.10. The SMILES string of the molecule is Clc1ccc([C@H]2CN=C(c3ncn4c3Cc3cnnn3-c3cc(Cl)ccc3-4)O2)cc1. The Hall–Kier alpha value is -3.16. The first-order chi connectivity index (χ1) is 14.7. The van der Waals surface area contributed by atoms with Gasteiger partial charge in [0.15, 0.2) is 0 Å². The predicted octanol–water partition coefficient (Wildman–Crippen LogP) is 4.18. The van der Waals surface area contributed by atoms with Gasteiger partial charge in [-0.05, 0) is 35.9 Å². The van der Waals surface area contributed by atoms with Gasteiger partial charge in [0, 0.05) is 16.5 Å². The zero-order chi connectivity index (χ0) is 20.2. The number of hydrogen-bond acceptors (Lipinski definition) is 5. The van der Waals surface area contributed by atoms with Crippen molar-refractivity contribution in [1.29, 1.82) is 0 Å². The molecule has 0 fully saturated rings. The van der Waals surface area contributed by atoms with Gasteiger partial charge in [-0.1, -0.05) is 40.5 Å². The molecule has 30 heavy (non-hydrogen) atoms. The number of nitrogens with zero attached hydrogens (tertiary/aromatic N) is 6. The minimum absolute atomic E-state index is 0.154. The van der Waals surface area contributed by atoms with Gasteiger partial charge in [-0.3, -0.25) is 4.57 Å². The molecule has 0 saturated heterocycles. The smallest absolute Gasteiger partial charge is 0.238 e. The Morgan fingerprint density at radius 1 is 1.00 bits per heavy atom. The lowest BCUT2D eigenvalue weighted by Gasteiger charge is -2.12. The van der Waals surface area contributed by atoms with Crippen LogP contribution in [0.4, 0.5) is 0 Å². The molecule has 0 bridgehead atoms. The molecule has 2 aromatic carbocycles. The van der Waals surface area contributed by atoms with E-state index in [1.165, 1.54) is 0 Å². The molecule has 6 rings (SSSR count). The highest BCUT2D eigenvalue weighted by molar-refractivity contribution is 6.31. The standard InChI is InChI=1S/C21H14Cl2N6O/c22-13-3-1-12(2-4-13)19-10-24-21(30-19)20-18-8-15-9-26-27-29(15)17-7-14(23)5-6-16(17)28(18)11-25-20/h1-7,9,11,19H,8,10H2/t19-/m1/s1. The molecule has 0 spiro atoms. The van der Waals surface area contributed by atoms with Crippen molar-refractivity contribution in [1.82, 2.24) is 24.5 Å². The molecule has 0 amide bonds. The first kappa shape index (κ1) is 17.7. The molecule has 9 heteroatoms. The maximum atomic E-state index is 6.25. The van der Waals surface area contributed by atoms with Crippen LogP contribution in [0.3, 0.4) is 0 Å². The lowest BCUT2D eigenvalue weighted by molar-refractivity contribution is 0.229. The molecule has 0 radical (unpaired) electrons. The predicted molar refractivity (Wildman–Crippen MR) is 113 cm³/mol. The van der Waals surface area contributed by atoms with Crippen molar-refractivity contribution >= 4 is 29.1 Å². The molecule has 2 aromatic heterocycles. The summed E-state index contributed by atoms with van der Waals surface area (Å²) in [6, 6.07) is 13.3. The van der Waals surface area contributed by atoms with Gasteiger partial charge in [-0.25, -0.2) is 14.7 Å². The Morgan fingerprint density at radius 3 is 2.70 bits per heavy atom. The number of aromatic nitrogens is 5. The molecule has 2 aliphatic rings. The molecular weight excluding hydrogens is 423 g/mol. The van der Waals surface area contributed by atoms with Crippen molar-refractivity contribution < 1.29 is 4.74 Å². The van der Waals surface area contributed by atoms with Crippen molar-refractivity contribution in [3.05, 3.63) is 87.7 Å². The number of halogens is 2. The highest BCUT2D eigenvalue weighted by Crippen LogP contribution is 2.33. The topological polar surface area (TPSA) is 70.1 Å². The molecule has 1 atom stereocenters. The maximum absolute atomic E-state index is 6.25. The second-order valence-electron chi connectivity index (χ2n) is 7.16. The van der Waals surface area contributed by atoms with Gasteiger partial charge >= 0.3 is 0 Å². The average Bonchev–Trinajstić information content (AvgIpc) is 3.48. The van der Waals surface area contributed by atoms with Crippen molar-refractivity contribution in [3.8, 4) is 11.4 Å². The first-order valence-electron chi connectivity index (χ1n) is 9.40. The van der Waals surface area contributed by atoms with E-state index in [9.17, 15) is 0 Å². The van der Waals surface area contributed by atoms with Crippen molar-refractivity contribution in [3.63, 3.8) is 0 Å². The molecule has 0 unspecified atom stereocenters. The zero-order valence-electron chi connectivity index (χ0n) is 15.5. The number of benzene rings is 2. The fraction of sp³-hybridized carbons (Fsp3) is 0.143. The molecule has 0 N–H and O–H groups in total. The first-order valence-corrected chi connectivity index (χ1v) is 10.2. The molecule has 7 nitrogen and oxygen atoms in total. The van der Waals surface area contributed by atoms with Crippen molar-refractivity contribution in [2.75, 3.05) is 6.54 Å². The second-order valence-corrected chi connectivity index (χ2v) is 8.03. The molecule has 4 aromatic rings. The Morgan fingerprint density at radius 2 is 1.83 bits per heavy atom. The van der Waals surface area contributed by atoms with Crippen LogP contribution in [-0.4, -0.2) is 37.0 Å². The minimum Gasteiger partial charge on any atom is -0.466 e. The molecule has 148 valence electrons. The van der Waals surface area contributed by atoms with Crippen molar-refractivity contribution in [2.24, 2.45) is 4.99 Å². The summed E-state index contributed by atoms with van der Waals surface area (Å²) in [6.07, 6.45) is 3.98. The number of imidazole rings is 1. The summed E-state index contributed by atoms with van der Waals surface area (Å²) in [7, 11) is 0. The Bertz CT molecular complexity index is 1310. The minimum atomic E-state index is -0.154. The largest absolute Gasteiger partial charge is 0.466 e. The van der Waals surface area contributed by atoms with Crippen LogP contribution < -0.4 is 0 Å². The summed E-state index contributed by atoms with van der Waals surface area (Å²) in [5.41, 5.74) is 5.44. The van der Waals surface area contributed by atoms with Gasteiger partial charge in [0.1, 0.15) is 18.1 Å². The molecular formula is C21H14Cl2N6O. The number of hydrogen-bond donors (Lipinski definition) is 0. The summed E-state index contributed by atoms with van der Waals surface area (Å²) in [5, 5.41) is 9.66. The molecule has 4 heterocycles. The van der Waals surface area contributed by atoms with Gasteiger partial charge in [-0.2, -0.15) is 0 Å². The summed E-state index contributed by atoms with van der Waals surface area (Å²) < 4.78 is 10.0. The normalized spacial score (nSPS) is 16.9. The lowest BCUT2D eigenvalue weighted by atomic mass is 10.1.